The molecule has 2 rings (SSSR count). The third-order valence-corrected chi connectivity index (χ3v) is 2.26. The molecule has 1 N–H and O–H groups in total. The minimum Gasteiger partial charge on any atom is -0.428 e. The topological polar surface area (TPSA) is 85.4 Å². The van der Waals surface area contributed by atoms with Crippen molar-refractivity contribution in [3.05, 3.63) is 62.7 Å². The van der Waals surface area contributed by atoms with Gasteiger partial charge in [-0.2, -0.15) is 0 Å². The molecule has 0 spiro atoms. The van der Waals surface area contributed by atoms with E-state index in [4.69, 9.17) is 4.42 Å². The van der Waals surface area contributed by atoms with Crippen LogP contribution in [-0.4, -0.2) is 4.92 Å². The standard InChI is InChI=1S/C12H10N2O4/c1-8-6-10(7-12(15)18-8)13-9-2-4-11(5-3-9)14(16)17/h2-7,13H,1H3. The van der Waals surface area contributed by atoms with E-state index in [1.54, 1.807) is 25.1 Å². The predicted octanol–water partition coefficient (Wildman–Crippen LogP) is 2.60. The van der Waals surface area contributed by atoms with Crippen molar-refractivity contribution in [2.75, 3.05) is 5.32 Å². The second-order valence-electron chi connectivity index (χ2n) is 3.70. The third-order valence-electron chi connectivity index (χ3n) is 2.26. The molecule has 0 aliphatic rings. The minimum atomic E-state index is -0.467. The van der Waals surface area contributed by atoms with E-state index in [0.29, 0.717) is 17.1 Å². The molecule has 18 heavy (non-hydrogen) atoms. The van der Waals surface area contributed by atoms with E-state index < -0.39 is 10.5 Å². The van der Waals surface area contributed by atoms with Crippen LogP contribution < -0.4 is 10.9 Å². The number of benzene rings is 1. The highest BCUT2D eigenvalue weighted by atomic mass is 16.6. The van der Waals surface area contributed by atoms with Crippen molar-refractivity contribution < 1.29 is 9.34 Å². The summed E-state index contributed by atoms with van der Waals surface area (Å²) < 4.78 is 4.82. The number of nitro groups is 1. The van der Waals surface area contributed by atoms with Gasteiger partial charge in [-0.25, -0.2) is 4.79 Å². The van der Waals surface area contributed by atoms with Gasteiger partial charge in [0.15, 0.2) is 0 Å². The number of nitro benzene ring substituents is 1. The number of nitrogens with zero attached hydrogens (tertiary/aromatic N) is 1. The summed E-state index contributed by atoms with van der Waals surface area (Å²) >= 11 is 0. The minimum absolute atomic E-state index is 0.0179. The molecule has 0 saturated carbocycles. The Morgan fingerprint density at radius 1 is 1.17 bits per heavy atom. The lowest BCUT2D eigenvalue weighted by Crippen LogP contribution is -2.01. The molecule has 92 valence electrons. The fourth-order valence-electron chi connectivity index (χ4n) is 1.51. The molecule has 6 nitrogen and oxygen atoms in total. The summed E-state index contributed by atoms with van der Waals surface area (Å²) in [4.78, 5) is 21.2. The van der Waals surface area contributed by atoms with Crippen LogP contribution in [0.1, 0.15) is 5.76 Å². The molecule has 0 saturated heterocycles. The molecular weight excluding hydrogens is 236 g/mol. The van der Waals surface area contributed by atoms with E-state index in [1.165, 1.54) is 18.2 Å². The Labute approximate surface area is 102 Å². The molecule has 0 fully saturated rings. The first-order chi connectivity index (χ1) is 8.54. The molecule has 1 aromatic heterocycles. The second-order valence-corrected chi connectivity index (χ2v) is 3.70. The number of nitrogens with one attached hydrogen (secondary N) is 1. The fraction of sp³-hybridized carbons (Fsp3) is 0.0833. The van der Waals surface area contributed by atoms with Gasteiger partial charge in [0.1, 0.15) is 5.76 Å². The summed E-state index contributed by atoms with van der Waals surface area (Å²) in [5.74, 6) is 0.493. The Balaban J connectivity index is 2.23. The van der Waals surface area contributed by atoms with E-state index in [2.05, 4.69) is 5.32 Å². The van der Waals surface area contributed by atoms with Crippen molar-refractivity contribution in [2.45, 2.75) is 6.92 Å². The molecule has 0 atom stereocenters. The van der Waals surface area contributed by atoms with Crippen LogP contribution in [0.5, 0.6) is 0 Å². The number of rotatable bonds is 3. The molecule has 1 aromatic carbocycles. The summed E-state index contributed by atoms with van der Waals surface area (Å²) in [5, 5.41) is 13.5. The Morgan fingerprint density at radius 2 is 1.83 bits per heavy atom. The van der Waals surface area contributed by atoms with Crippen molar-refractivity contribution >= 4 is 17.1 Å². The highest BCUT2D eigenvalue weighted by molar-refractivity contribution is 5.60. The Bertz CT molecular complexity index is 631. The lowest BCUT2D eigenvalue weighted by atomic mass is 10.2. The fourth-order valence-corrected chi connectivity index (χ4v) is 1.51. The van der Waals surface area contributed by atoms with E-state index >= 15 is 0 Å². The summed E-state index contributed by atoms with van der Waals surface area (Å²) in [6.07, 6.45) is 0. The van der Waals surface area contributed by atoms with Crippen molar-refractivity contribution in [1.82, 2.24) is 0 Å². The summed E-state index contributed by atoms with van der Waals surface area (Å²) in [6.45, 7) is 1.67. The van der Waals surface area contributed by atoms with Crippen LogP contribution in [0.15, 0.2) is 45.6 Å². The smallest absolute Gasteiger partial charge is 0.337 e. The van der Waals surface area contributed by atoms with Crippen LogP contribution in [0, 0.1) is 17.0 Å². The van der Waals surface area contributed by atoms with Crippen LogP contribution >= 0.6 is 0 Å². The van der Waals surface area contributed by atoms with Gasteiger partial charge in [0.25, 0.3) is 5.69 Å². The Hall–Kier alpha value is -2.63. The van der Waals surface area contributed by atoms with Crippen LogP contribution in [0.4, 0.5) is 17.1 Å². The molecule has 0 aliphatic heterocycles. The van der Waals surface area contributed by atoms with Gasteiger partial charge in [-0.15, -0.1) is 0 Å². The highest BCUT2D eigenvalue weighted by Gasteiger charge is 2.04. The first kappa shape index (κ1) is 11.8. The average molecular weight is 246 g/mol. The van der Waals surface area contributed by atoms with Gasteiger partial charge in [-0.05, 0) is 19.1 Å². The SMILES string of the molecule is Cc1cc(Nc2ccc([N+](=O)[O-])cc2)cc(=O)o1. The highest BCUT2D eigenvalue weighted by Crippen LogP contribution is 2.19. The van der Waals surface area contributed by atoms with E-state index in [-0.39, 0.29) is 5.69 Å². The van der Waals surface area contributed by atoms with Gasteiger partial charge < -0.3 is 9.73 Å². The predicted molar refractivity (Wildman–Crippen MR) is 66.1 cm³/mol. The van der Waals surface area contributed by atoms with E-state index in [0.717, 1.165) is 0 Å². The molecule has 0 aliphatic carbocycles. The molecule has 6 heteroatoms. The van der Waals surface area contributed by atoms with Crippen molar-refractivity contribution in [1.29, 1.82) is 0 Å². The normalized spacial score (nSPS) is 10.1. The first-order valence-electron chi connectivity index (χ1n) is 5.18. The molecule has 0 bridgehead atoms. The number of hydrogen-bond acceptors (Lipinski definition) is 5. The molecule has 0 radical (unpaired) electrons. The van der Waals surface area contributed by atoms with Crippen LogP contribution in [0.25, 0.3) is 0 Å². The van der Waals surface area contributed by atoms with Gasteiger partial charge in [0, 0.05) is 35.6 Å². The monoisotopic (exact) mass is 246 g/mol. The lowest BCUT2D eigenvalue weighted by molar-refractivity contribution is -0.384. The summed E-state index contributed by atoms with van der Waals surface area (Å²) in [5.41, 5.74) is 0.812. The third kappa shape index (κ3) is 2.73. The maximum Gasteiger partial charge on any atom is 0.337 e. The van der Waals surface area contributed by atoms with Gasteiger partial charge in [-0.3, -0.25) is 10.1 Å². The quantitative estimate of drug-likeness (QED) is 0.664. The van der Waals surface area contributed by atoms with Crippen LogP contribution in [0.3, 0.4) is 0 Å². The number of anilines is 2. The van der Waals surface area contributed by atoms with Gasteiger partial charge in [0.2, 0.25) is 0 Å². The van der Waals surface area contributed by atoms with Crippen LogP contribution in [0.2, 0.25) is 0 Å². The van der Waals surface area contributed by atoms with E-state index in [9.17, 15) is 14.9 Å². The van der Waals surface area contributed by atoms with Crippen molar-refractivity contribution in [3.8, 4) is 0 Å². The largest absolute Gasteiger partial charge is 0.428 e. The zero-order valence-corrected chi connectivity index (χ0v) is 9.54. The average Bonchev–Trinajstić information content (AvgIpc) is 2.28. The number of hydrogen-bond donors (Lipinski definition) is 1. The Morgan fingerprint density at radius 3 is 2.39 bits per heavy atom. The van der Waals surface area contributed by atoms with Gasteiger partial charge in [-0.1, -0.05) is 0 Å². The van der Waals surface area contributed by atoms with E-state index in [1.807, 2.05) is 0 Å². The maximum absolute atomic E-state index is 11.1. The molecule has 2 aromatic rings. The molecule has 0 amide bonds. The maximum atomic E-state index is 11.1. The Kier molecular flexibility index (Phi) is 3.09. The van der Waals surface area contributed by atoms with Gasteiger partial charge >= 0.3 is 5.63 Å². The van der Waals surface area contributed by atoms with Crippen LogP contribution in [-0.2, 0) is 0 Å². The van der Waals surface area contributed by atoms with Crippen molar-refractivity contribution in [2.24, 2.45) is 0 Å². The number of aryl methyl sites for hydroxylation is 1. The lowest BCUT2D eigenvalue weighted by Gasteiger charge is -2.05. The molecule has 0 unspecified atom stereocenters. The van der Waals surface area contributed by atoms with Gasteiger partial charge in [0.05, 0.1) is 4.92 Å². The summed E-state index contributed by atoms with van der Waals surface area (Å²) in [6, 6.07) is 8.91. The summed E-state index contributed by atoms with van der Waals surface area (Å²) in [7, 11) is 0. The second kappa shape index (κ2) is 4.70. The first-order valence-corrected chi connectivity index (χ1v) is 5.18. The number of non-ortho nitro benzene ring substituents is 1. The zero-order valence-electron chi connectivity index (χ0n) is 9.54. The molecular formula is C12H10N2O4. The molecule has 1 heterocycles. The zero-order chi connectivity index (χ0) is 13.1. The van der Waals surface area contributed by atoms with Crippen molar-refractivity contribution in [3.63, 3.8) is 0 Å².